The maximum atomic E-state index is 13.2. The van der Waals surface area contributed by atoms with E-state index >= 15 is 0 Å². The van der Waals surface area contributed by atoms with Crippen molar-refractivity contribution in [3.63, 3.8) is 0 Å². The summed E-state index contributed by atoms with van der Waals surface area (Å²) in [6.45, 7) is 1.31. The van der Waals surface area contributed by atoms with Gasteiger partial charge in [0.2, 0.25) is 0 Å². The summed E-state index contributed by atoms with van der Waals surface area (Å²) in [5.74, 6) is -6.99. The summed E-state index contributed by atoms with van der Waals surface area (Å²) in [5.41, 5.74) is -3.22. The highest BCUT2D eigenvalue weighted by atomic mass is 19.4. The Morgan fingerprint density at radius 1 is 1.30 bits per heavy atom. The molecule has 2 rings (SSSR count). The van der Waals surface area contributed by atoms with Crippen molar-refractivity contribution >= 4 is 17.1 Å². The standard InChI is InChI=1S/C10H5F5N2O3/c1-3-6-4(8(18)19)2-5(16-7(6)20-17-3)9(11,12)10(13,14)15/h2H,1H3,(H,18,19). The minimum Gasteiger partial charge on any atom is -0.478 e. The van der Waals surface area contributed by atoms with Gasteiger partial charge in [-0.3, -0.25) is 0 Å². The highest BCUT2D eigenvalue weighted by Crippen LogP contribution is 2.44. The van der Waals surface area contributed by atoms with Crippen LogP contribution in [0.15, 0.2) is 10.6 Å². The molecule has 0 bridgehead atoms. The lowest BCUT2D eigenvalue weighted by atomic mass is 10.1. The van der Waals surface area contributed by atoms with Gasteiger partial charge in [-0.05, 0) is 13.0 Å². The van der Waals surface area contributed by atoms with E-state index in [0.717, 1.165) is 0 Å². The third-order valence-electron chi connectivity index (χ3n) is 2.53. The van der Waals surface area contributed by atoms with Gasteiger partial charge in [0.25, 0.3) is 5.71 Å². The largest absolute Gasteiger partial charge is 0.478 e. The van der Waals surface area contributed by atoms with Crippen LogP contribution in [0.3, 0.4) is 0 Å². The molecule has 0 aliphatic heterocycles. The number of aromatic nitrogens is 2. The number of alkyl halides is 5. The minimum absolute atomic E-state index is 0.0202. The average molecular weight is 296 g/mol. The molecular formula is C10H5F5N2O3. The number of rotatable bonds is 2. The van der Waals surface area contributed by atoms with Crippen molar-refractivity contribution in [1.82, 2.24) is 10.1 Å². The molecule has 2 aromatic rings. The van der Waals surface area contributed by atoms with Crippen LogP contribution in [0.5, 0.6) is 0 Å². The molecule has 0 spiro atoms. The zero-order valence-corrected chi connectivity index (χ0v) is 9.63. The highest BCUT2D eigenvalue weighted by molar-refractivity contribution is 6.02. The zero-order chi connectivity index (χ0) is 15.3. The summed E-state index contributed by atoms with van der Waals surface area (Å²) in [7, 11) is 0. The average Bonchev–Trinajstić information content (AvgIpc) is 2.68. The van der Waals surface area contributed by atoms with E-state index in [1.165, 1.54) is 6.92 Å². The van der Waals surface area contributed by atoms with Crippen molar-refractivity contribution in [2.24, 2.45) is 0 Å². The predicted molar refractivity (Wildman–Crippen MR) is 53.4 cm³/mol. The van der Waals surface area contributed by atoms with Gasteiger partial charge in [-0.15, -0.1) is 0 Å². The smallest absolute Gasteiger partial charge is 0.459 e. The molecule has 0 unspecified atom stereocenters. The highest BCUT2D eigenvalue weighted by Gasteiger charge is 2.60. The van der Waals surface area contributed by atoms with Crippen LogP contribution in [-0.4, -0.2) is 27.4 Å². The van der Waals surface area contributed by atoms with Crippen molar-refractivity contribution in [2.45, 2.75) is 19.0 Å². The summed E-state index contributed by atoms with van der Waals surface area (Å²) in [4.78, 5) is 14.0. The van der Waals surface area contributed by atoms with Crippen LogP contribution in [0.2, 0.25) is 0 Å². The van der Waals surface area contributed by atoms with E-state index in [-0.39, 0.29) is 17.1 Å². The molecule has 0 saturated heterocycles. The molecule has 0 saturated carbocycles. The first kappa shape index (κ1) is 14.2. The number of aryl methyl sites for hydroxylation is 1. The van der Waals surface area contributed by atoms with Gasteiger partial charge in [0.1, 0.15) is 5.69 Å². The first-order valence-corrected chi connectivity index (χ1v) is 5.01. The Morgan fingerprint density at radius 3 is 2.40 bits per heavy atom. The Hall–Kier alpha value is -2.26. The molecule has 2 aromatic heterocycles. The lowest BCUT2D eigenvalue weighted by Crippen LogP contribution is -2.34. The predicted octanol–water partition coefficient (Wildman–Crippen LogP) is 2.88. The van der Waals surface area contributed by atoms with E-state index in [1.807, 2.05) is 0 Å². The van der Waals surface area contributed by atoms with Crippen LogP contribution in [0.1, 0.15) is 21.7 Å². The van der Waals surface area contributed by atoms with E-state index in [0.29, 0.717) is 0 Å². The molecule has 0 atom stereocenters. The maximum absolute atomic E-state index is 13.2. The number of hydrogen-bond donors (Lipinski definition) is 1. The monoisotopic (exact) mass is 296 g/mol. The zero-order valence-electron chi connectivity index (χ0n) is 9.63. The van der Waals surface area contributed by atoms with Crippen LogP contribution >= 0.6 is 0 Å². The molecule has 0 aliphatic carbocycles. The van der Waals surface area contributed by atoms with Crippen LogP contribution in [0.4, 0.5) is 22.0 Å². The third-order valence-corrected chi connectivity index (χ3v) is 2.53. The second kappa shape index (κ2) is 4.12. The van der Waals surface area contributed by atoms with Gasteiger partial charge in [0.05, 0.1) is 16.6 Å². The fraction of sp³-hybridized carbons (Fsp3) is 0.300. The molecule has 0 radical (unpaired) electrons. The van der Waals surface area contributed by atoms with Crippen LogP contribution in [0, 0.1) is 6.92 Å². The Bertz CT molecular complexity index is 692. The van der Waals surface area contributed by atoms with Crippen molar-refractivity contribution in [1.29, 1.82) is 0 Å². The van der Waals surface area contributed by atoms with Crippen molar-refractivity contribution in [3.05, 3.63) is 23.0 Å². The van der Waals surface area contributed by atoms with E-state index in [4.69, 9.17) is 5.11 Å². The van der Waals surface area contributed by atoms with E-state index in [1.54, 1.807) is 0 Å². The maximum Gasteiger partial charge on any atom is 0.459 e. The fourth-order valence-electron chi connectivity index (χ4n) is 1.57. The number of carboxylic acid groups (broad SMARTS) is 1. The molecule has 1 N–H and O–H groups in total. The number of fused-ring (bicyclic) bond motifs is 1. The van der Waals surface area contributed by atoms with E-state index in [2.05, 4.69) is 14.7 Å². The summed E-state index contributed by atoms with van der Waals surface area (Å²) in [6.07, 6.45) is -5.90. The molecule has 108 valence electrons. The van der Waals surface area contributed by atoms with E-state index < -0.39 is 35.0 Å². The van der Waals surface area contributed by atoms with Gasteiger partial charge in [-0.2, -0.15) is 22.0 Å². The lowest BCUT2D eigenvalue weighted by molar-refractivity contribution is -0.290. The Labute approximate surface area is 107 Å². The number of pyridine rings is 1. The number of carbonyl (C=O) groups is 1. The van der Waals surface area contributed by atoms with Gasteiger partial charge in [0.15, 0.2) is 0 Å². The molecule has 2 heterocycles. The second-order valence-electron chi connectivity index (χ2n) is 3.88. The molecule has 0 amide bonds. The summed E-state index contributed by atoms with van der Waals surface area (Å²) in [5, 5.41) is 12.0. The van der Waals surface area contributed by atoms with Crippen molar-refractivity contribution in [2.75, 3.05) is 0 Å². The molecule has 0 aliphatic rings. The summed E-state index contributed by atoms with van der Waals surface area (Å²) < 4.78 is 67.7. The van der Waals surface area contributed by atoms with E-state index in [9.17, 15) is 26.7 Å². The Kier molecular flexibility index (Phi) is 2.91. The lowest BCUT2D eigenvalue weighted by Gasteiger charge is -2.18. The van der Waals surface area contributed by atoms with Crippen LogP contribution in [-0.2, 0) is 5.92 Å². The second-order valence-corrected chi connectivity index (χ2v) is 3.88. The normalized spacial score (nSPS) is 12.9. The van der Waals surface area contributed by atoms with Gasteiger partial charge in [-0.25, -0.2) is 9.78 Å². The Morgan fingerprint density at radius 2 is 1.90 bits per heavy atom. The first-order chi connectivity index (χ1) is 9.05. The van der Waals surface area contributed by atoms with Crippen LogP contribution in [0.25, 0.3) is 11.1 Å². The number of carboxylic acids is 1. The minimum atomic E-state index is -5.90. The van der Waals surface area contributed by atoms with Gasteiger partial charge in [-0.1, -0.05) is 5.16 Å². The topological polar surface area (TPSA) is 76.2 Å². The van der Waals surface area contributed by atoms with Crippen LogP contribution < -0.4 is 0 Å². The number of halogens is 5. The first-order valence-electron chi connectivity index (χ1n) is 5.01. The van der Waals surface area contributed by atoms with Gasteiger partial charge in [0, 0.05) is 0 Å². The fourth-order valence-corrected chi connectivity index (χ4v) is 1.57. The molecule has 0 fully saturated rings. The summed E-state index contributed by atoms with van der Waals surface area (Å²) in [6, 6.07) is 0.169. The SMILES string of the molecule is Cc1noc2nc(C(F)(F)C(F)(F)F)cc(C(=O)O)c12. The Balaban J connectivity index is 2.78. The van der Waals surface area contributed by atoms with Crippen molar-refractivity contribution < 1.29 is 36.4 Å². The molecule has 5 nitrogen and oxygen atoms in total. The number of nitrogens with zero attached hydrogens (tertiary/aromatic N) is 2. The van der Waals surface area contributed by atoms with Crippen molar-refractivity contribution in [3.8, 4) is 0 Å². The van der Waals surface area contributed by atoms with Gasteiger partial charge < -0.3 is 9.63 Å². The van der Waals surface area contributed by atoms with Gasteiger partial charge >= 0.3 is 18.1 Å². The summed E-state index contributed by atoms with van der Waals surface area (Å²) >= 11 is 0. The quantitative estimate of drug-likeness (QED) is 0.862. The number of aromatic carboxylic acids is 1. The molecule has 20 heavy (non-hydrogen) atoms. The third kappa shape index (κ3) is 1.96. The molecule has 0 aromatic carbocycles. The molecule has 10 heteroatoms. The number of hydrogen-bond acceptors (Lipinski definition) is 4. The molecular weight excluding hydrogens is 291 g/mol.